The molecule has 0 radical (unpaired) electrons. The fraction of sp³-hybridized carbons (Fsp3) is 0.423. The molecule has 1 heterocycles. The van der Waals surface area contributed by atoms with Crippen molar-refractivity contribution < 1.29 is 28.6 Å². The largest absolute Gasteiger partial charge is 0.490 e. The molecular formula is C26H30BrNO6. The number of carbonyl (C=O) groups is 3. The van der Waals surface area contributed by atoms with Gasteiger partial charge >= 0.3 is 5.97 Å². The molecule has 1 aliphatic heterocycles. The van der Waals surface area contributed by atoms with Crippen LogP contribution in [0.4, 0.5) is 0 Å². The molecule has 0 aliphatic carbocycles. The Labute approximate surface area is 208 Å². The van der Waals surface area contributed by atoms with E-state index in [1.54, 1.807) is 18.2 Å². The lowest BCUT2D eigenvalue weighted by Gasteiger charge is -2.14. The third-order valence-electron chi connectivity index (χ3n) is 5.40. The summed E-state index contributed by atoms with van der Waals surface area (Å²) in [4.78, 5) is 38.3. The number of hydrogen-bond acceptors (Lipinski definition) is 6. The number of carbonyl (C=O) groups excluding carboxylic acids is 3. The Morgan fingerprint density at radius 3 is 2.47 bits per heavy atom. The maximum absolute atomic E-state index is 12.5. The van der Waals surface area contributed by atoms with Gasteiger partial charge in [-0.15, -0.1) is 0 Å². The molecule has 182 valence electrons. The van der Waals surface area contributed by atoms with Gasteiger partial charge in [-0.05, 0) is 62.1 Å². The number of unbranched alkanes of at least 4 members (excludes halogenated alkanes) is 1. The molecule has 0 spiro atoms. The van der Waals surface area contributed by atoms with Crippen molar-refractivity contribution in [2.45, 2.75) is 46.0 Å². The summed E-state index contributed by atoms with van der Waals surface area (Å²) in [5.74, 6) is 0.429. The fourth-order valence-electron chi connectivity index (χ4n) is 3.62. The van der Waals surface area contributed by atoms with Crippen LogP contribution in [0.3, 0.4) is 0 Å². The minimum absolute atomic E-state index is 0.143. The van der Waals surface area contributed by atoms with E-state index in [9.17, 15) is 14.4 Å². The summed E-state index contributed by atoms with van der Waals surface area (Å²) in [5.41, 5.74) is 1.75. The number of esters is 1. The second-order valence-electron chi connectivity index (χ2n) is 7.94. The van der Waals surface area contributed by atoms with Crippen LogP contribution in [0.5, 0.6) is 11.5 Å². The van der Waals surface area contributed by atoms with Gasteiger partial charge in [0.25, 0.3) is 11.8 Å². The number of nitrogens with zero attached hydrogens (tertiary/aromatic N) is 1. The van der Waals surface area contributed by atoms with Crippen LogP contribution in [-0.4, -0.2) is 49.0 Å². The molecule has 34 heavy (non-hydrogen) atoms. The SMILES string of the molecule is CCCCOc1ccc(CCC(=O)OCCCN2C(=O)c3ccc(Br)cc3C2=O)cc1OCC. The number of halogens is 1. The molecule has 1 aliphatic rings. The van der Waals surface area contributed by atoms with Gasteiger partial charge in [-0.2, -0.15) is 0 Å². The van der Waals surface area contributed by atoms with Gasteiger partial charge in [0.2, 0.25) is 0 Å². The van der Waals surface area contributed by atoms with E-state index < -0.39 is 0 Å². The van der Waals surface area contributed by atoms with E-state index in [0.717, 1.165) is 22.9 Å². The highest BCUT2D eigenvalue weighted by atomic mass is 79.9. The molecule has 0 saturated heterocycles. The molecule has 0 aromatic heterocycles. The Kier molecular flexibility index (Phi) is 9.51. The first-order valence-corrected chi connectivity index (χ1v) is 12.4. The van der Waals surface area contributed by atoms with Crippen LogP contribution in [0, 0.1) is 0 Å². The van der Waals surface area contributed by atoms with Crippen LogP contribution >= 0.6 is 15.9 Å². The number of fused-ring (bicyclic) bond motifs is 1. The number of aryl methyl sites for hydroxylation is 1. The summed E-state index contributed by atoms with van der Waals surface area (Å²) in [6.07, 6.45) is 3.16. The molecule has 2 aromatic carbocycles. The van der Waals surface area contributed by atoms with Crippen molar-refractivity contribution in [1.82, 2.24) is 4.90 Å². The van der Waals surface area contributed by atoms with Crippen molar-refractivity contribution in [2.24, 2.45) is 0 Å². The Hall–Kier alpha value is -2.87. The number of amides is 2. The number of ether oxygens (including phenoxy) is 3. The summed E-state index contributed by atoms with van der Waals surface area (Å²) in [6.45, 7) is 5.54. The van der Waals surface area contributed by atoms with Gasteiger partial charge in [0, 0.05) is 17.4 Å². The highest BCUT2D eigenvalue weighted by Crippen LogP contribution is 2.29. The van der Waals surface area contributed by atoms with E-state index in [1.807, 2.05) is 25.1 Å². The highest BCUT2D eigenvalue weighted by Gasteiger charge is 2.35. The molecule has 0 unspecified atom stereocenters. The lowest BCUT2D eigenvalue weighted by molar-refractivity contribution is -0.143. The highest BCUT2D eigenvalue weighted by molar-refractivity contribution is 9.10. The Morgan fingerprint density at radius 1 is 0.912 bits per heavy atom. The predicted molar refractivity (Wildman–Crippen MR) is 131 cm³/mol. The Bertz CT molecular complexity index is 1040. The average molecular weight is 532 g/mol. The molecule has 8 heteroatoms. The summed E-state index contributed by atoms with van der Waals surface area (Å²) in [7, 11) is 0. The summed E-state index contributed by atoms with van der Waals surface area (Å²) >= 11 is 3.32. The molecule has 0 atom stereocenters. The van der Waals surface area contributed by atoms with Gasteiger partial charge in [-0.3, -0.25) is 19.3 Å². The van der Waals surface area contributed by atoms with Gasteiger partial charge in [0.05, 0.1) is 30.9 Å². The zero-order valence-electron chi connectivity index (χ0n) is 19.6. The van der Waals surface area contributed by atoms with Crippen molar-refractivity contribution in [3.8, 4) is 11.5 Å². The Balaban J connectivity index is 1.42. The van der Waals surface area contributed by atoms with Gasteiger partial charge in [-0.1, -0.05) is 35.3 Å². The number of rotatable bonds is 13. The van der Waals surface area contributed by atoms with Crippen molar-refractivity contribution in [1.29, 1.82) is 0 Å². The van der Waals surface area contributed by atoms with E-state index in [1.165, 1.54) is 4.90 Å². The van der Waals surface area contributed by atoms with Crippen molar-refractivity contribution in [2.75, 3.05) is 26.4 Å². The second kappa shape index (κ2) is 12.6. The van der Waals surface area contributed by atoms with Gasteiger partial charge in [-0.25, -0.2) is 0 Å². The van der Waals surface area contributed by atoms with E-state index in [0.29, 0.717) is 48.7 Å². The van der Waals surface area contributed by atoms with Gasteiger partial charge in [0.1, 0.15) is 0 Å². The molecule has 2 aromatic rings. The number of benzene rings is 2. The minimum atomic E-state index is -0.326. The first-order chi connectivity index (χ1) is 16.4. The summed E-state index contributed by atoms with van der Waals surface area (Å²) in [6, 6.07) is 10.7. The van der Waals surface area contributed by atoms with E-state index >= 15 is 0 Å². The van der Waals surface area contributed by atoms with Crippen molar-refractivity contribution in [3.63, 3.8) is 0 Å². The fourth-order valence-corrected chi connectivity index (χ4v) is 3.98. The van der Waals surface area contributed by atoms with Crippen LogP contribution in [0.15, 0.2) is 40.9 Å². The lowest BCUT2D eigenvalue weighted by Crippen LogP contribution is -2.31. The molecule has 0 N–H and O–H groups in total. The normalized spacial score (nSPS) is 12.6. The maximum atomic E-state index is 12.5. The third-order valence-corrected chi connectivity index (χ3v) is 5.90. The maximum Gasteiger partial charge on any atom is 0.306 e. The van der Waals surface area contributed by atoms with Crippen LogP contribution in [0.2, 0.25) is 0 Å². The predicted octanol–water partition coefficient (Wildman–Crippen LogP) is 5.19. The average Bonchev–Trinajstić information content (AvgIpc) is 3.05. The zero-order valence-corrected chi connectivity index (χ0v) is 21.2. The smallest absolute Gasteiger partial charge is 0.306 e. The first-order valence-electron chi connectivity index (χ1n) is 11.6. The first kappa shape index (κ1) is 25.7. The molecule has 0 fully saturated rings. The molecule has 0 saturated carbocycles. The minimum Gasteiger partial charge on any atom is -0.490 e. The lowest BCUT2D eigenvalue weighted by atomic mass is 10.1. The molecule has 2 amide bonds. The molecular weight excluding hydrogens is 502 g/mol. The monoisotopic (exact) mass is 531 g/mol. The van der Waals surface area contributed by atoms with Crippen molar-refractivity contribution >= 4 is 33.7 Å². The number of imide groups is 1. The number of hydrogen-bond donors (Lipinski definition) is 0. The summed E-state index contributed by atoms with van der Waals surface area (Å²) < 4.78 is 17.5. The molecule has 7 nitrogen and oxygen atoms in total. The molecule has 3 rings (SSSR count). The second-order valence-corrected chi connectivity index (χ2v) is 8.86. The van der Waals surface area contributed by atoms with Crippen LogP contribution in [-0.2, 0) is 16.0 Å². The zero-order chi connectivity index (χ0) is 24.5. The van der Waals surface area contributed by atoms with Gasteiger partial charge < -0.3 is 14.2 Å². The van der Waals surface area contributed by atoms with E-state index in [2.05, 4.69) is 22.9 Å². The van der Waals surface area contributed by atoms with Crippen LogP contribution in [0.1, 0.15) is 65.8 Å². The third kappa shape index (κ3) is 6.59. The topological polar surface area (TPSA) is 82.1 Å². The quantitative estimate of drug-likeness (QED) is 0.201. The van der Waals surface area contributed by atoms with Crippen LogP contribution in [0.25, 0.3) is 0 Å². The van der Waals surface area contributed by atoms with E-state index in [4.69, 9.17) is 14.2 Å². The molecule has 0 bridgehead atoms. The Morgan fingerprint density at radius 2 is 1.71 bits per heavy atom. The van der Waals surface area contributed by atoms with E-state index in [-0.39, 0.29) is 37.4 Å². The van der Waals surface area contributed by atoms with Crippen molar-refractivity contribution in [3.05, 3.63) is 57.6 Å². The summed E-state index contributed by atoms with van der Waals surface area (Å²) in [5, 5.41) is 0. The van der Waals surface area contributed by atoms with Crippen LogP contribution < -0.4 is 9.47 Å². The van der Waals surface area contributed by atoms with Gasteiger partial charge in [0.15, 0.2) is 11.5 Å². The standard InChI is InChI=1S/C26H30BrNO6/c1-3-5-14-33-22-11-7-18(16-23(22)32-4-2)8-12-24(29)34-15-6-13-28-25(30)20-10-9-19(27)17-21(20)26(28)31/h7,9-11,16-17H,3-6,8,12-15H2,1-2H3.